The number of aromatic nitrogens is 2. The van der Waals surface area contributed by atoms with Crippen LogP contribution < -0.4 is 10.9 Å². The molecule has 2 aromatic rings. The summed E-state index contributed by atoms with van der Waals surface area (Å²) < 4.78 is 1.73. The summed E-state index contributed by atoms with van der Waals surface area (Å²) in [6.07, 6.45) is 0. The Bertz CT molecular complexity index is 808. The summed E-state index contributed by atoms with van der Waals surface area (Å²) in [6, 6.07) is 0. The van der Waals surface area contributed by atoms with Crippen LogP contribution in [0.3, 0.4) is 0 Å². The first-order valence-electron chi connectivity index (χ1n) is 8.21. The van der Waals surface area contributed by atoms with Crippen molar-refractivity contribution in [1.82, 2.24) is 14.9 Å². The zero-order chi connectivity index (χ0) is 18.0. The number of nitrogens with zero attached hydrogens (tertiary/aromatic N) is 2. The van der Waals surface area contributed by atoms with Gasteiger partial charge in [0.25, 0.3) is 5.56 Å². The molecule has 0 saturated heterocycles. The van der Waals surface area contributed by atoms with Gasteiger partial charge in [-0.25, -0.2) is 4.98 Å². The van der Waals surface area contributed by atoms with E-state index in [1.165, 1.54) is 11.8 Å². The summed E-state index contributed by atoms with van der Waals surface area (Å²) in [7, 11) is 0. The smallest absolute Gasteiger partial charge is 0.263 e. The van der Waals surface area contributed by atoms with Gasteiger partial charge in [0.05, 0.1) is 10.6 Å². The van der Waals surface area contributed by atoms with Gasteiger partial charge in [-0.15, -0.1) is 11.3 Å². The van der Waals surface area contributed by atoms with Gasteiger partial charge < -0.3 is 5.32 Å². The molecule has 2 heterocycles. The average molecular weight is 368 g/mol. The molecule has 24 heavy (non-hydrogen) atoms. The van der Waals surface area contributed by atoms with Crippen LogP contribution in [0.4, 0.5) is 0 Å². The van der Waals surface area contributed by atoms with Crippen LogP contribution in [0.2, 0.25) is 0 Å². The van der Waals surface area contributed by atoms with Gasteiger partial charge in [0.2, 0.25) is 5.91 Å². The number of carbonyl (C=O) groups excluding carboxylic acids is 1. The fraction of sp³-hybridized carbons (Fsp3) is 0.588. The summed E-state index contributed by atoms with van der Waals surface area (Å²) in [5.41, 5.74) is 1.01. The molecule has 0 unspecified atom stereocenters. The van der Waals surface area contributed by atoms with Crippen molar-refractivity contribution in [1.29, 1.82) is 0 Å². The number of aryl methyl sites for hydroxylation is 2. The molecule has 5 nitrogen and oxygen atoms in total. The zero-order valence-electron chi connectivity index (χ0n) is 15.1. The third-order valence-electron chi connectivity index (χ3n) is 3.80. The highest BCUT2D eigenvalue weighted by Gasteiger charge is 2.21. The predicted molar refractivity (Wildman–Crippen MR) is 102 cm³/mol. The van der Waals surface area contributed by atoms with E-state index in [0.29, 0.717) is 29.6 Å². The van der Waals surface area contributed by atoms with Crippen LogP contribution in [-0.4, -0.2) is 27.3 Å². The van der Waals surface area contributed by atoms with E-state index in [9.17, 15) is 9.59 Å². The quantitative estimate of drug-likeness (QED) is 0.628. The van der Waals surface area contributed by atoms with Crippen LogP contribution in [0, 0.1) is 19.8 Å². The number of rotatable bonds is 6. The molecule has 2 aromatic heterocycles. The molecule has 1 N–H and O–H groups in total. The van der Waals surface area contributed by atoms with Gasteiger partial charge in [-0.3, -0.25) is 14.2 Å². The minimum atomic E-state index is -0.296. The maximum absolute atomic E-state index is 13.0. The highest BCUT2D eigenvalue weighted by atomic mass is 32.2. The Kier molecular flexibility index (Phi) is 6.09. The van der Waals surface area contributed by atoms with Crippen LogP contribution >= 0.6 is 23.1 Å². The van der Waals surface area contributed by atoms with Crippen molar-refractivity contribution in [2.75, 3.05) is 6.54 Å². The molecule has 1 amide bonds. The number of hydrogen-bond acceptors (Lipinski definition) is 5. The second-order valence-corrected chi connectivity index (χ2v) is 8.83. The molecule has 0 radical (unpaired) electrons. The van der Waals surface area contributed by atoms with Crippen LogP contribution in [0.25, 0.3) is 10.2 Å². The molecule has 0 fully saturated rings. The zero-order valence-corrected chi connectivity index (χ0v) is 16.7. The van der Waals surface area contributed by atoms with Crippen molar-refractivity contribution >= 4 is 39.2 Å². The summed E-state index contributed by atoms with van der Waals surface area (Å²) in [5, 5.41) is 3.86. The van der Waals surface area contributed by atoms with E-state index in [2.05, 4.69) is 19.2 Å². The van der Waals surface area contributed by atoms with Gasteiger partial charge in [-0.1, -0.05) is 25.6 Å². The first-order valence-corrected chi connectivity index (χ1v) is 9.90. The average Bonchev–Trinajstić information content (AvgIpc) is 2.78. The predicted octanol–water partition coefficient (Wildman–Crippen LogP) is 3.35. The Balaban J connectivity index is 2.54. The monoisotopic (exact) mass is 367 g/mol. The van der Waals surface area contributed by atoms with E-state index < -0.39 is 0 Å². The summed E-state index contributed by atoms with van der Waals surface area (Å²) in [4.78, 5) is 31.7. The van der Waals surface area contributed by atoms with Crippen molar-refractivity contribution in [3.8, 4) is 0 Å². The Labute approximate surface area is 150 Å². The molecular formula is C17H25N3O2S2. The summed E-state index contributed by atoms with van der Waals surface area (Å²) in [5.74, 6) is 0.285. The molecule has 0 saturated carbocycles. The number of thioether (sulfide) groups is 1. The number of carbonyl (C=O) groups is 1. The molecule has 1 atom stereocenters. The Hall–Kier alpha value is -1.34. The fourth-order valence-electron chi connectivity index (χ4n) is 2.45. The van der Waals surface area contributed by atoms with Crippen molar-refractivity contribution in [2.24, 2.45) is 5.92 Å². The number of thiophene rings is 1. The Morgan fingerprint density at radius 3 is 2.58 bits per heavy atom. The summed E-state index contributed by atoms with van der Waals surface area (Å²) >= 11 is 2.89. The van der Waals surface area contributed by atoms with Gasteiger partial charge in [0.1, 0.15) is 4.83 Å². The molecule has 0 aliphatic carbocycles. The van der Waals surface area contributed by atoms with Crippen molar-refractivity contribution in [3.63, 3.8) is 0 Å². The normalized spacial score (nSPS) is 12.8. The first-order chi connectivity index (χ1) is 11.3. The van der Waals surface area contributed by atoms with Gasteiger partial charge in [0, 0.05) is 18.0 Å². The van der Waals surface area contributed by atoms with E-state index in [1.54, 1.807) is 15.9 Å². The van der Waals surface area contributed by atoms with Gasteiger partial charge in [-0.05, 0) is 39.2 Å². The van der Waals surface area contributed by atoms with Gasteiger partial charge in [-0.2, -0.15) is 0 Å². The third kappa shape index (κ3) is 3.83. The molecular weight excluding hydrogens is 342 g/mol. The number of fused-ring (bicyclic) bond motifs is 1. The fourth-order valence-corrected chi connectivity index (χ4v) is 4.47. The Morgan fingerprint density at radius 2 is 2.00 bits per heavy atom. The Morgan fingerprint density at radius 1 is 1.33 bits per heavy atom. The van der Waals surface area contributed by atoms with Crippen molar-refractivity contribution < 1.29 is 4.79 Å². The molecule has 7 heteroatoms. The molecule has 2 rings (SSSR count). The first kappa shape index (κ1) is 19.0. The van der Waals surface area contributed by atoms with E-state index in [-0.39, 0.29) is 16.7 Å². The lowest BCUT2D eigenvalue weighted by molar-refractivity contribution is -0.120. The van der Waals surface area contributed by atoms with E-state index in [4.69, 9.17) is 4.98 Å². The van der Waals surface area contributed by atoms with Gasteiger partial charge in [0.15, 0.2) is 5.16 Å². The lowest BCUT2D eigenvalue weighted by atomic mass is 10.2. The number of hydrogen-bond donors (Lipinski definition) is 1. The molecule has 0 aromatic carbocycles. The second-order valence-electron chi connectivity index (χ2n) is 6.32. The third-order valence-corrected chi connectivity index (χ3v) is 6.00. The standard InChI is InChI=1S/C17H25N3O2S2/c1-7-18-14(21)12(6)24-17-19-15-13(10(4)11(5)23-15)16(22)20(17)8-9(2)3/h9,12H,7-8H2,1-6H3,(H,18,21)/t12-/m1/s1. The second kappa shape index (κ2) is 7.70. The van der Waals surface area contributed by atoms with Gasteiger partial charge >= 0.3 is 0 Å². The van der Waals surface area contributed by atoms with Crippen LogP contribution in [0.5, 0.6) is 0 Å². The topological polar surface area (TPSA) is 64.0 Å². The van der Waals surface area contributed by atoms with Crippen molar-refractivity contribution in [2.45, 2.75) is 58.5 Å². The van der Waals surface area contributed by atoms with Crippen LogP contribution in [-0.2, 0) is 11.3 Å². The minimum absolute atomic E-state index is 0.00106. The highest BCUT2D eigenvalue weighted by Crippen LogP contribution is 2.30. The number of nitrogens with one attached hydrogen (secondary N) is 1. The molecule has 0 aliphatic rings. The van der Waals surface area contributed by atoms with Crippen molar-refractivity contribution in [3.05, 3.63) is 20.8 Å². The van der Waals surface area contributed by atoms with E-state index in [1.807, 2.05) is 27.7 Å². The molecule has 0 spiro atoms. The SMILES string of the molecule is CCNC(=O)[C@@H](C)Sc1nc2sc(C)c(C)c2c(=O)n1CC(C)C. The maximum atomic E-state index is 13.0. The molecule has 0 aliphatic heterocycles. The lowest BCUT2D eigenvalue weighted by Crippen LogP contribution is -2.32. The minimum Gasteiger partial charge on any atom is -0.355 e. The van der Waals surface area contributed by atoms with Crippen LogP contribution in [0.15, 0.2) is 9.95 Å². The maximum Gasteiger partial charge on any atom is 0.263 e. The molecule has 0 bridgehead atoms. The van der Waals surface area contributed by atoms with E-state index >= 15 is 0 Å². The molecule has 132 valence electrons. The summed E-state index contributed by atoms with van der Waals surface area (Å²) in [6.45, 7) is 13.1. The van der Waals surface area contributed by atoms with E-state index in [0.717, 1.165) is 15.3 Å². The largest absolute Gasteiger partial charge is 0.355 e. The van der Waals surface area contributed by atoms with Crippen LogP contribution in [0.1, 0.15) is 38.1 Å². The highest BCUT2D eigenvalue weighted by molar-refractivity contribution is 8.00. The lowest BCUT2D eigenvalue weighted by Gasteiger charge is -2.16. The number of amides is 1.